The molecular formula is C10H17NaO4. The number of hydrogen-bond donors (Lipinski definition) is 0. The van der Waals surface area contributed by atoms with Crippen LogP contribution in [0.5, 0.6) is 0 Å². The zero-order valence-corrected chi connectivity index (χ0v) is 11.7. The molecular weight excluding hydrogens is 207 g/mol. The molecule has 4 nitrogen and oxygen atoms in total. The molecule has 0 atom stereocenters. The van der Waals surface area contributed by atoms with E-state index in [-0.39, 0.29) is 62.0 Å². The molecule has 0 unspecified atom stereocenters. The maximum Gasteiger partial charge on any atom is 1.00 e. The van der Waals surface area contributed by atoms with Crippen molar-refractivity contribution < 1.29 is 50.1 Å². The minimum absolute atomic E-state index is 0. The number of Topliss-reactive ketones (excluding diaryl/α,β-unsaturated/α-hetero) is 2. The van der Waals surface area contributed by atoms with Crippen molar-refractivity contribution in [2.45, 2.75) is 39.5 Å². The number of esters is 1. The maximum atomic E-state index is 11.1. The van der Waals surface area contributed by atoms with Gasteiger partial charge in [0, 0.05) is 6.42 Å². The summed E-state index contributed by atoms with van der Waals surface area (Å²) in [6.45, 7) is 3.80. The molecule has 0 radical (unpaired) electrons. The third kappa shape index (κ3) is 10.1. The fourth-order valence-electron chi connectivity index (χ4n) is 1.02. The van der Waals surface area contributed by atoms with E-state index in [1.165, 1.54) is 0 Å². The van der Waals surface area contributed by atoms with Gasteiger partial charge in [-0.1, -0.05) is 6.92 Å². The number of ketones is 2. The van der Waals surface area contributed by atoms with E-state index in [1.54, 1.807) is 6.92 Å². The monoisotopic (exact) mass is 224 g/mol. The van der Waals surface area contributed by atoms with Gasteiger partial charge in [-0.15, -0.1) is 0 Å². The first-order chi connectivity index (χ1) is 6.60. The second-order valence-corrected chi connectivity index (χ2v) is 2.99. The average molecular weight is 224 g/mol. The van der Waals surface area contributed by atoms with E-state index in [1.807, 2.05) is 6.92 Å². The molecule has 82 valence electrons. The van der Waals surface area contributed by atoms with Gasteiger partial charge in [0.2, 0.25) is 0 Å². The molecule has 0 spiro atoms. The summed E-state index contributed by atoms with van der Waals surface area (Å²) >= 11 is 0. The quantitative estimate of drug-likeness (QED) is 0.296. The van der Waals surface area contributed by atoms with Crippen LogP contribution in [-0.2, 0) is 19.1 Å². The van der Waals surface area contributed by atoms with Gasteiger partial charge < -0.3 is 6.16 Å². The van der Waals surface area contributed by atoms with Crippen LogP contribution in [-0.4, -0.2) is 24.1 Å². The first-order valence-electron chi connectivity index (χ1n) is 4.79. The molecule has 0 N–H and O–H groups in total. The van der Waals surface area contributed by atoms with Gasteiger partial charge in [0.25, 0.3) is 0 Å². The Labute approximate surface area is 114 Å². The molecule has 0 saturated heterocycles. The van der Waals surface area contributed by atoms with Crippen LogP contribution in [0.1, 0.15) is 41.0 Å². The predicted octanol–water partition coefficient (Wildman–Crippen LogP) is -1.62. The zero-order chi connectivity index (χ0) is 11.0. The molecule has 0 aromatic rings. The van der Waals surface area contributed by atoms with Crippen LogP contribution in [0.2, 0.25) is 0 Å². The summed E-state index contributed by atoms with van der Waals surface area (Å²) in [5, 5.41) is 0. The molecule has 0 amide bonds. The molecule has 5 heteroatoms. The van der Waals surface area contributed by atoms with Crippen LogP contribution in [0.4, 0.5) is 0 Å². The molecule has 0 rings (SSSR count). The summed E-state index contributed by atoms with van der Waals surface area (Å²) in [4.78, 5) is 33.0. The van der Waals surface area contributed by atoms with Gasteiger partial charge in [0.05, 0.1) is 13.0 Å². The van der Waals surface area contributed by atoms with Gasteiger partial charge in [-0.2, -0.15) is 0 Å². The Hall–Kier alpha value is -0.190. The standard InChI is InChI=1S/C10H16O4.Na.H/c1-3-5-8(11)6-9(12)7-10(13)14-4-2;;/h3-7H2,1-2H3;;/q;+1;-1. The first-order valence-corrected chi connectivity index (χ1v) is 4.79. The summed E-state index contributed by atoms with van der Waals surface area (Å²) in [7, 11) is 0. The maximum absolute atomic E-state index is 11.1. The Morgan fingerprint density at radius 1 is 1.07 bits per heavy atom. The second kappa shape index (κ2) is 10.3. The number of hydrogen-bond acceptors (Lipinski definition) is 4. The van der Waals surface area contributed by atoms with E-state index in [2.05, 4.69) is 4.74 Å². The summed E-state index contributed by atoms with van der Waals surface area (Å²) in [6, 6.07) is 0. The van der Waals surface area contributed by atoms with E-state index in [0.29, 0.717) is 6.42 Å². The fraction of sp³-hybridized carbons (Fsp3) is 0.700. The molecule has 0 aliphatic rings. The van der Waals surface area contributed by atoms with Gasteiger partial charge in [0.1, 0.15) is 12.2 Å². The Morgan fingerprint density at radius 2 is 1.67 bits per heavy atom. The number of ether oxygens (including phenoxy) is 1. The normalized spacial score (nSPS) is 8.93. The number of rotatable bonds is 7. The third-order valence-electron chi connectivity index (χ3n) is 1.57. The molecule has 15 heavy (non-hydrogen) atoms. The molecule has 0 heterocycles. The van der Waals surface area contributed by atoms with Gasteiger partial charge in [-0.25, -0.2) is 0 Å². The number of carbonyl (C=O) groups is 3. The van der Waals surface area contributed by atoms with Crippen molar-refractivity contribution in [1.29, 1.82) is 0 Å². The van der Waals surface area contributed by atoms with Gasteiger partial charge >= 0.3 is 35.5 Å². The van der Waals surface area contributed by atoms with Crippen molar-refractivity contribution in [3.05, 3.63) is 0 Å². The summed E-state index contributed by atoms with van der Waals surface area (Å²) in [5.74, 6) is -1.02. The predicted molar refractivity (Wildman–Crippen MR) is 51.9 cm³/mol. The van der Waals surface area contributed by atoms with Crippen molar-refractivity contribution >= 4 is 17.5 Å². The van der Waals surface area contributed by atoms with Gasteiger partial charge in [-0.05, 0) is 13.3 Å². The SMILES string of the molecule is CCCC(=O)CC(=O)CC(=O)OCC.[H-].[Na+]. The van der Waals surface area contributed by atoms with Crippen LogP contribution in [0.25, 0.3) is 0 Å². The number of carbonyl (C=O) groups excluding carboxylic acids is 3. The Kier molecular flexibility index (Phi) is 11.9. The minimum atomic E-state index is -0.554. The van der Waals surface area contributed by atoms with Gasteiger partial charge in [0.15, 0.2) is 5.78 Å². The Balaban J connectivity index is -0.000000845. The first kappa shape index (κ1) is 17.2. The van der Waals surface area contributed by atoms with Crippen molar-refractivity contribution in [3.63, 3.8) is 0 Å². The minimum Gasteiger partial charge on any atom is -1.00 e. The zero-order valence-electron chi connectivity index (χ0n) is 10.7. The van der Waals surface area contributed by atoms with E-state index in [9.17, 15) is 14.4 Å². The van der Waals surface area contributed by atoms with E-state index < -0.39 is 5.97 Å². The summed E-state index contributed by atoms with van der Waals surface area (Å²) < 4.78 is 4.58. The molecule has 0 aromatic carbocycles. The molecule has 0 bridgehead atoms. The Morgan fingerprint density at radius 3 is 2.13 bits per heavy atom. The van der Waals surface area contributed by atoms with Crippen molar-refractivity contribution in [2.75, 3.05) is 6.61 Å². The summed E-state index contributed by atoms with van der Waals surface area (Å²) in [5.41, 5.74) is 0. The smallest absolute Gasteiger partial charge is 1.00 e. The molecule has 0 fully saturated rings. The topological polar surface area (TPSA) is 60.4 Å². The van der Waals surface area contributed by atoms with E-state index in [4.69, 9.17) is 0 Å². The fourth-order valence-corrected chi connectivity index (χ4v) is 1.02. The Bertz CT molecular complexity index is 209. The summed E-state index contributed by atoms with van der Waals surface area (Å²) in [6.07, 6.45) is 0.691. The second-order valence-electron chi connectivity index (χ2n) is 2.99. The van der Waals surface area contributed by atoms with E-state index in [0.717, 1.165) is 6.42 Å². The van der Waals surface area contributed by atoms with Crippen molar-refractivity contribution in [2.24, 2.45) is 0 Å². The van der Waals surface area contributed by atoms with Gasteiger partial charge in [-0.3, -0.25) is 14.4 Å². The van der Waals surface area contributed by atoms with Crippen molar-refractivity contribution in [1.82, 2.24) is 0 Å². The van der Waals surface area contributed by atoms with Crippen LogP contribution in [0, 0.1) is 0 Å². The third-order valence-corrected chi connectivity index (χ3v) is 1.57. The molecule has 0 aliphatic heterocycles. The van der Waals surface area contributed by atoms with Crippen molar-refractivity contribution in [3.8, 4) is 0 Å². The largest absolute Gasteiger partial charge is 1.00 e. The molecule has 0 aliphatic carbocycles. The van der Waals surface area contributed by atoms with E-state index >= 15 is 0 Å². The molecule has 0 saturated carbocycles. The van der Waals surface area contributed by atoms with Crippen LogP contribution < -0.4 is 29.6 Å². The van der Waals surface area contributed by atoms with Crippen LogP contribution in [0.15, 0.2) is 0 Å². The average Bonchev–Trinajstić information content (AvgIpc) is 2.03. The van der Waals surface area contributed by atoms with Crippen LogP contribution in [0.3, 0.4) is 0 Å². The van der Waals surface area contributed by atoms with Crippen LogP contribution >= 0.6 is 0 Å². The molecule has 0 aromatic heterocycles.